The van der Waals surface area contributed by atoms with Crippen molar-refractivity contribution in [2.24, 2.45) is 0 Å². The fourth-order valence-corrected chi connectivity index (χ4v) is 5.93. The molecule has 2 aliphatic rings. The Bertz CT molecular complexity index is 1780. The standard InChI is InChI=1S/C30H26Cl4N10O4/c31-15-1-3-21(33)19(11-15)25-37-27(35)41-29(39-25)43-9-7-17(13-43)47-23(45)5-6-24(46)48-18-8-10-44(14-18)30-40-26(38-28(36)42-30)20-12-16(32)2-4-22(20)34/h1-6,11-12,17-18H,7-10,13-14H2,(H2,35,37,39,41)(H2,36,38,40,42)/b6-5-. The van der Waals surface area contributed by atoms with Gasteiger partial charge in [0.05, 0.1) is 23.1 Å². The van der Waals surface area contributed by atoms with Crippen molar-refractivity contribution in [2.45, 2.75) is 25.0 Å². The quantitative estimate of drug-likeness (QED) is 0.188. The number of esters is 2. The van der Waals surface area contributed by atoms with Gasteiger partial charge in [0.25, 0.3) is 0 Å². The summed E-state index contributed by atoms with van der Waals surface area (Å²) < 4.78 is 11.1. The van der Waals surface area contributed by atoms with Gasteiger partial charge >= 0.3 is 11.9 Å². The van der Waals surface area contributed by atoms with Gasteiger partial charge in [-0.15, -0.1) is 0 Å². The first-order chi connectivity index (χ1) is 23.0. The van der Waals surface area contributed by atoms with Crippen LogP contribution in [0.3, 0.4) is 0 Å². The SMILES string of the molecule is Nc1nc(-c2cc(Cl)ccc2Cl)nc(N2CCC(OC(=O)/C=C\C(=O)OC3CCN(c4nc(N)nc(-c5cc(Cl)ccc5Cl)n4)C3)C2)n1. The molecule has 0 saturated carbocycles. The third kappa shape index (κ3) is 7.96. The van der Waals surface area contributed by atoms with Gasteiger partial charge in [-0.3, -0.25) is 0 Å². The smallest absolute Gasteiger partial charge is 0.331 e. The van der Waals surface area contributed by atoms with Crippen molar-refractivity contribution in [3.05, 3.63) is 68.6 Å². The van der Waals surface area contributed by atoms with Gasteiger partial charge in [0, 0.05) is 59.3 Å². The number of nitrogens with zero attached hydrogens (tertiary/aromatic N) is 8. The summed E-state index contributed by atoms with van der Waals surface area (Å²) in [5, 5.41) is 1.74. The molecule has 4 N–H and O–H groups in total. The zero-order valence-corrected chi connectivity index (χ0v) is 27.9. The lowest BCUT2D eigenvalue weighted by Gasteiger charge is -2.17. The van der Waals surface area contributed by atoms with E-state index in [1.807, 2.05) is 9.80 Å². The molecule has 48 heavy (non-hydrogen) atoms. The second kappa shape index (κ2) is 14.3. The van der Waals surface area contributed by atoms with E-state index in [-0.39, 0.29) is 23.5 Å². The van der Waals surface area contributed by atoms with Crippen LogP contribution < -0.4 is 21.3 Å². The second-order valence-corrected chi connectivity index (χ2v) is 12.5. The van der Waals surface area contributed by atoms with Crippen LogP contribution >= 0.6 is 46.4 Å². The number of hydrogen-bond acceptors (Lipinski definition) is 14. The highest BCUT2D eigenvalue weighted by Gasteiger charge is 2.30. The Morgan fingerprint density at radius 3 is 1.50 bits per heavy atom. The van der Waals surface area contributed by atoms with Gasteiger partial charge in [-0.2, -0.15) is 29.9 Å². The molecule has 0 radical (unpaired) electrons. The molecule has 4 aromatic rings. The van der Waals surface area contributed by atoms with Crippen molar-refractivity contribution in [3.8, 4) is 22.8 Å². The summed E-state index contributed by atoms with van der Waals surface area (Å²) in [7, 11) is 0. The van der Waals surface area contributed by atoms with Gasteiger partial charge in [0.1, 0.15) is 12.2 Å². The highest BCUT2D eigenvalue weighted by atomic mass is 35.5. The van der Waals surface area contributed by atoms with Gasteiger partial charge < -0.3 is 30.7 Å². The van der Waals surface area contributed by atoms with Crippen LogP contribution in [0, 0.1) is 0 Å². The normalized spacial score (nSPS) is 17.7. The molecule has 2 fully saturated rings. The summed E-state index contributed by atoms with van der Waals surface area (Å²) >= 11 is 24.9. The third-order valence-electron chi connectivity index (χ3n) is 7.40. The van der Waals surface area contributed by atoms with Crippen molar-refractivity contribution in [2.75, 3.05) is 47.4 Å². The van der Waals surface area contributed by atoms with Crippen molar-refractivity contribution < 1.29 is 19.1 Å². The zero-order valence-electron chi connectivity index (χ0n) is 24.9. The first-order valence-electron chi connectivity index (χ1n) is 14.5. The molecule has 18 heteroatoms. The Morgan fingerprint density at radius 2 is 1.08 bits per heavy atom. The Morgan fingerprint density at radius 1 is 0.667 bits per heavy atom. The maximum Gasteiger partial charge on any atom is 0.331 e. The van der Waals surface area contributed by atoms with Crippen LogP contribution in [-0.2, 0) is 19.1 Å². The number of aromatic nitrogens is 6. The summed E-state index contributed by atoms with van der Waals surface area (Å²) in [4.78, 5) is 54.5. The monoisotopic (exact) mass is 730 g/mol. The summed E-state index contributed by atoms with van der Waals surface area (Å²) in [6.07, 6.45) is 2.13. The molecule has 14 nitrogen and oxygen atoms in total. The number of benzene rings is 2. The van der Waals surface area contributed by atoms with Crippen LogP contribution in [0.4, 0.5) is 23.8 Å². The average Bonchev–Trinajstić information content (AvgIpc) is 3.72. The molecule has 2 saturated heterocycles. The van der Waals surface area contributed by atoms with E-state index >= 15 is 0 Å². The number of anilines is 4. The summed E-state index contributed by atoms with van der Waals surface area (Å²) in [5.41, 5.74) is 12.9. The van der Waals surface area contributed by atoms with Crippen molar-refractivity contribution >= 4 is 82.1 Å². The van der Waals surface area contributed by atoms with Crippen LogP contribution in [0.2, 0.25) is 20.1 Å². The van der Waals surface area contributed by atoms with Crippen LogP contribution in [-0.4, -0.2) is 80.2 Å². The van der Waals surface area contributed by atoms with E-state index in [1.165, 1.54) is 0 Å². The summed E-state index contributed by atoms with van der Waals surface area (Å²) in [5.74, 6) is -0.236. The molecule has 0 bridgehead atoms. The van der Waals surface area contributed by atoms with E-state index in [0.29, 0.717) is 82.1 Å². The van der Waals surface area contributed by atoms with Gasteiger partial charge in [-0.1, -0.05) is 46.4 Å². The van der Waals surface area contributed by atoms with E-state index in [2.05, 4.69) is 29.9 Å². The minimum absolute atomic E-state index is 0.00274. The molecular weight excluding hydrogens is 706 g/mol. The Hall–Kier alpha value is -4.50. The van der Waals surface area contributed by atoms with Gasteiger partial charge in [-0.05, 0) is 36.4 Å². The molecule has 2 aromatic heterocycles. The van der Waals surface area contributed by atoms with Crippen LogP contribution in [0.15, 0.2) is 48.6 Å². The van der Waals surface area contributed by atoms with E-state index in [9.17, 15) is 9.59 Å². The average molecular weight is 732 g/mol. The highest BCUT2D eigenvalue weighted by Crippen LogP contribution is 2.31. The number of hydrogen-bond donors (Lipinski definition) is 2. The van der Waals surface area contributed by atoms with E-state index in [0.717, 1.165) is 12.2 Å². The Kier molecular flexibility index (Phi) is 9.96. The maximum atomic E-state index is 12.5. The van der Waals surface area contributed by atoms with E-state index in [1.54, 1.807) is 36.4 Å². The third-order valence-corrected chi connectivity index (χ3v) is 8.53. The van der Waals surface area contributed by atoms with Crippen LogP contribution in [0.1, 0.15) is 12.8 Å². The summed E-state index contributed by atoms with van der Waals surface area (Å²) in [6.45, 7) is 1.60. The lowest BCUT2D eigenvalue weighted by atomic mass is 10.2. The molecule has 2 unspecified atom stereocenters. The first-order valence-corrected chi connectivity index (χ1v) is 16.0. The van der Waals surface area contributed by atoms with Gasteiger partial charge in [0.2, 0.25) is 23.8 Å². The molecule has 6 rings (SSSR count). The largest absolute Gasteiger partial charge is 0.457 e. The lowest BCUT2D eigenvalue weighted by Crippen LogP contribution is -2.27. The molecule has 2 aliphatic heterocycles. The number of rotatable bonds is 8. The number of nitrogens with two attached hydrogens (primary N) is 2. The topological polar surface area (TPSA) is 188 Å². The Balaban J connectivity index is 1.01. The van der Waals surface area contributed by atoms with Gasteiger partial charge in [0.15, 0.2) is 11.6 Å². The number of carbonyl (C=O) groups is 2. The molecule has 248 valence electrons. The number of carbonyl (C=O) groups excluding carboxylic acids is 2. The molecule has 2 aromatic carbocycles. The molecule has 0 spiro atoms. The van der Waals surface area contributed by atoms with Crippen molar-refractivity contribution in [1.82, 2.24) is 29.9 Å². The number of nitrogen functional groups attached to an aromatic ring is 2. The number of halogens is 4. The van der Waals surface area contributed by atoms with Crippen LogP contribution in [0.25, 0.3) is 22.8 Å². The predicted molar refractivity (Wildman–Crippen MR) is 182 cm³/mol. The number of ether oxygens (including phenoxy) is 2. The van der Waals surface area contributed by atoms with E-state index < -0.39 is 24.1 Å². The minimum atomic E-state index is -0.693. The predicted octanol–water partition coefficient (Wildman–Crippen LogP) is 4.67. The molecule has 0 aliphatic carbocycles. The lowest BCUT2D eigenvalue weighted by molar-refractivity contribution is -0.144. The Labute approximate surface area is 294 Å². The van der Waals surface area contributed by atoms with Crippen molar-refractivity contribution in [1.29, 1.82) is 0 Å². The summed E-state index contributed by atoms with van der Waals surface area (Å²) in [6, 6.07) is 9.86. The maximum absolute atomic E-state index is 12.5. The van der Waals surface area contributed by atoms with Crippen molar-refractivity contribution in [3.63, 3.8) is 0 Å². The van der Waals surface area contributed by atoms with Crippen LogP contribution in [0.5, 0.6) is 0 Å². The first kappa shape index (κ1) is 33.4. The fraction of sp³-hybridized carbons (Fsp3) is 0.267. The zero-order chi connectivity index (χ0) is 33.9. The molecule has 0 amide bonds. The van der Waals surface area contributed by atoms with E-state index in [4.69, 9.17) is 67.3 Å². The minimum Gasteiger partial charge on any atom is -0.457 e. The molecule has 4 heterocycles. The fourth-order valence-electron chi connectivity index (χ4n) is 5.18. The van der Waals surface area contributed by atoms with Gasteiger partial charge in [-0.25, -0.2) is 9.59 Å². The second-order valence-electron chi connectivity index (χ2n) is 10.8. The molecule has 2 atom stereocenters. The molecular formula is C30H26Cl4N10O4. The highest BCUT2D eigenvalue weighted by molar-refractivity contribution is 6.35.